The van der Waals surface area contributed by atoms with Crippen LogP contribution in [0.5, 0.6) is 0 Å². The molecule has 0 aliphatic rings. The molecular weight excluding hydrogens is 233 g/mol. The van der Waals surface area contributed by atoms with Crippen LogP contribution in [0.3, 0.4) is 0 Å². The van der Waals surface area contributed by atoms with Crippen LogP contribution >= 0.6 is 7.14 Å². The molecule has 18 heavy (non-hydrogen) atoms. The van der Waals surface area contributed by atoms with Gasteiger partial charge < -0.3 is 0 Å². The van der Waals surface area contributed by atoms with Gasteiger partial charge >= 0.3 is 119 Å². The maximum atomic E-state index is 2.63. The number of hydrogen-bond acceptors (Lipinski definition) is 0. The summed E-state index contributed by atoms with van der Waals surface area (Å²) in [7, 11) is 3.70. The molecule has 0 heterocycles. The van der Waals surface area contributed by atoms with Gasteiger partial charge in [-0.25, -0.2) is 0 Å². The standard InChI is InChI=1S/C15H37B2P/c1-12(2,3)15(10,16)11-18(17,13(4,5)6)14(7,8)9/h18H,11,16-17H2,1-10H3. The molecule has 108 valence electrons. The third kappa shape index (κ3) is 3.56. The Kier molecular flexibility index (Phi) is 4.99. The fourth-order valence-electron chi connectivity index (χ4n) is 2.80. The summed E-state index contributed by atoms with van der Waals surface area (Å²) in [6.45, 7) is 24.4. The topological polar surface area (TPSA) is 0 Å². The van der Waals surface area contributed by atoms with Crippen LogP contribution in [-0.2, 0) is 0 Å². The van der Waals surface area contributed by atoms with Crippen LogP contribution in [0.4, 0.5) is 0 Å². The summed E-state index contributed by atoms with van der Waals surface area (Å²) in [4.78, 5) is 0. The molecule has 0 radical (unpaired) electrons. The van der Waals surface area contributed by atoms with Crippen LogP contribution in [0.1, 0.15) is 69.2 Å². The van der Waals surface area contributed by atoms with E-state index in [4.69, 9.17) is 0 Å². The molecule has 0 fully saturated rings. The van der Waals surface area contributed by atoms with Crippen molar-refractivity contribution in [2.24, 2.45) is 5.41 Å². The van der Waals surface area contributed by atoms with Gasteiger partial charge in [0.1, 0.15) is 0 Å². The average Bonchev–Trinajstić information content (AvgIpc) is 1.95. The Morgan fingerprint density at radius 3 is 1.17 bits per heavy atom. The van der Waals surface area contributed by atoms with Gasteiger partial charge in [-0.1, -0.05) is 0 Å². The Bertz CT molecular complexity index is 273. The van der Waals surface area contributed by atoms with Crippen LogP contribution in [0.25, 0.3) is 0 Å². The summed E-state index contributed by atoms with van der Waals surface area (Å²) in [5, 5.41) is 1.30. The van der Waals surface area contributed by atoms with Crippen molar-refractivity contribution in [1.29, 1.82) is 0 Å². The first-order valence-corrected chi connectivity index (χ1v) is 10.2. The minimum atomic E-state index is -1.40. The van der Waals surface area contributed by atoms with Crippen LogP contribution in [0, 0.1) is 5.41 Å². The Balaban J connectivity index is 5.58. The second-order valence-corrected chi connectivity index (χ2v) is 16.2. The third-order valence-corrected chi connectivity index (χ3v) is 14.3. The molecule has 0 aromatic rings. The molecule has 1 atom stereocenters. The summed E-state index contributed by atoms with van der Waals surface area (Å²) in [6.07, 6.45) is 1.40. The second-order valence-electron chi connectivity index (χ2n) is 10.1. The molecule has 0 aromatic heterocycles. The monoisotopic (exact) mass is 270 g/mol. The van der Waals surface area contributed by atoms with E-state index in [2.05, 4.69) is 84.6 Å². The van der Waals surface area contributed by atoms with Crippen molar-refractivity contribution in [2.45, 2.75) is 84.9 Å². The maximum absolute atomic E-state index is 2.63. The zero-order chi connectivity index (χ0) is 15.2. The summed E-state index contributed by atoms with van der Waals surface area (Å²) in [6, 6.07) is 0. The molecule has 0 N–H and O–H groups in total. The predicted octanol–water partition coefficient (Wildman–Crippen LogP) is 3.74. The molecule has 0 spiro atoms. The van der Waals surface area contributed by atoms with Crippen molar-refractivity contribution >= 4 is 22.6 Å². The van der Waals surface area contributed by atoms with Crippen LogP contribution < -0.4 is 0 Å². The molecule has 1 unspecified atom stereocenters. The molecule has 3 heteroatoms. The van der Waals surface area contributed by atoms with Gasteiger partial charge in [0.25, 0.3) is 0 Å². The molecule has 0 aromatic carbocycles. The van der Waals surface area contributed by atoms with Crippen LogP contribution in [-0.4, -0.2) is 31.9 Å². The molecule has 0 rings (SSSR count). The van der Waals surface area contributed by atoms with Gasteiger partial charge in [-0.15, -0.1) is 0 Å². The molecule has 0 bridgehead atoms. The zero-order valence-electron chi connectivity index (χ0n) is 15.2. The quantitative estimate of drug-likeness (QED) is 0.529. The van der Waals surface area contributed by atoms with Crippen molar-refractivity contribution in [3.63, 3.8) is 0 Å². The molecule has 0 saturated carbocycles. The first kappa shape index (κ1) is 18.6. The van der Waals surface area contributed by atoms with Crippen LogP contribution in [0.2, 0.25) is 5.31 Å². The van der Waals surface area contributed by atoms with Crippen molar-refractivity contribution in [2.75, 3.05) is 6.16 Å². The molecule has 0 aliphatic carbocycles. The SMILES string of the molecule is BC(C)(C[PH](B)(C(C)(C)C)C(C)(C)C)C(C)(C)C. The van der Waals surface area contributed by atoms with E-state index in [0.717, 1.165) is 0 Å². The zero-order valence-corrected chi connectivity index (χ0v) is 16.2. The molecule has 0 saturated heterocycles. The predicted molar refractivity (Wildman–Crippen MR) is 97.6 cm³/mol. The van der Waals surface area contributed by atoms with Gasteiger partial charge in [-0.3, -0.25) is 0 Å². The van der Waals surface area contributed by atoms with Gasteiger partial charge in [0.2, 0.25) is 0 Å². The van der Waals surface area contributed by atoms with E-state index in [1.165, 1.54) is 6.16 Å². The minimum absolute atomic E-state index is 0.373. The fourth-order valence-corrected chi connectivity index (χ4v) is 8.41. The summed E-state index contributed by atoms with van der Waals surface area (Å²) in [5.74, 6) is 0. The van der Waals surface area contributed by atoms with Gasteiger partial charge in [0.15, 0.2) is 0 Å². The van der Waals surface area contributed by atoms with E-state index in [1.54, 1.807) is 0 Å². The average molecular weight is 270 g/mol. The molecule has 0 nitrogen and oxygen atoms in total. The Morgan fingerprint density at radius 1 is 0.722 bits per heavy atom. The van der Waals surface area contributed by atoms with Crippen molar-refractivity contribution in [3.05, 3.63) is 0 Å². The van der Waals surface area contributed by atoms with Crippen LogP contribution in [0.15, 0.2) is 0 Å². The van der Waals surface area contributed by atoms with E-state index in [1.807, 2.05) is 0 Å². The third-order valence-electron chi connectivity index (χ3n) is 6.14. The normalized spacial score (nSPS) is 19.4. The van der Waals surface area contributed by atoms with Gasteiger partial charge in [-0.05, 0) is 0 Å². The summed E-state index contributed by atoms with van der Waals surface area (Å²) >= 11 is 0. The van der Waals surface area contributed by atoms with E-state index in [0.29, 0.717) is 21.0 Å². The van der Waals surface area contributed by atoms with Gasteiger partial charge in [-0.2, -0.15) is 0 Å². The fraction of sp³-hybridized carbons (Fsp3) is 1.00. The number of rotatable bonds is 2. The van der Waals surface area contributed by atoms with E-state index < -0.39 is 7.14 Å². The van der Waals surface area contributed by atoms with Crippen molar-refractivity contribution in [3.8, 4) is 0 Å². The van der Waals surface area contributed by atoms with E-state index in [9.17, 15) is 0 Å². The van der Waals surface area contributed by atoms with Crippen molar-refractivity contribution < 1.29 is 0 Å². The molecular formula is C15H37B2P. The first-order chi connectivity index (χ1) is 7.46. The Morgan fingerprint density at radius 2 is 1.00 bits per heavy atom. The Hall–Kier alpha value is 0.560. The number of hydrogen-bond donors (Lipinski definition) is 0. The van der Waals surface area contributed by atoms with E-state index in [-0.39, 0.29) is 0 Å². The summed E-state index contributed by atoms with van der Waals surface area (Å²) in [5.41, 5.74) is 0.373. The molecule has 0 amide bonds. The van der Waals surface area contributed by atoms with Gasteiger partial charge in [0.05, 0.1) is 0 Å². The van der Waals surface area contributed by atoms with Gasteiger partial charge in [0, 0.05) is 0 Å². The Labute approximate surface area is 119 Å². The van der Waals surface area contributed by atoms with E-state index >= 15 is 0 Å². The van der Waals surface area contributed by atoms with Crippen molar-refractivity contribution in [1.82, 2.24) is 0 Å². The first-order valence-electron chi connectivity index (χ1n) is 7.46. The molecule has 0 aliphatic heterocycles. The summed E-state index contributed by atoms with van der Waals surface area (Å²) < 4.78 is 0. The second kappa shape index (κ2) is 4.83.